The third kappa shape index (κ3) is 2.49. The van der Waals surface area contributed by atoms with E-state index in [9.17, 15) is 0 Å². The quantitative estimate of drug-likeness (QED) is 0.494. The first-order valence-electron chi connectivity index (χ1n) is 8.88. The molecule has 0 aliphatic rings. The van der Waals surface area contributed by atoms with Crippen molar-refractivity contribution in [3.05, 3.63) is 78.0 Å². The van der Waals surface area contributed by atoms with Crippen LogP contribution in [0.5, 0.6) is 0 Å². The van der Waals surface area contributed by atoms with Gasteiger partial charge in [0.25, 0.3) is 0 Å². The lowest BCUT2D eigenvalue weighted by Gasteiger charge is -2.07. The Balaban J connectivity index is 1.72. The molecular weight excluding hydrogens is 336 g/mol. The molecule has 0 amide bonds. The van der Waals surface area contributed by atoms with Crippen LogP contribution in [0.1, 0.15) is 17.0 Å². The van der Waals surface area contributed by atoms with Crippen molar-refractivity contribution in [1.29, 1.82) is 0 Å². The number of rotatable bonds is 3. The Hall–Kier alpha value is -3.54. The molecule has 0 bridgehead atoms. The highest BCUT2D eigenvalue weighted by atomic mass is 15.3. The number of hydrogen-bond acceptors (Lipinski definition) is 4. The summed E-state index contributed by atoms with van der Waals surface area (Å²) < 4.78 is 3.96. The van der Waals surface area contributed by atoms with Gasteiger partial charge in [-0.25, -0.2) is 14.5 Å². The average Bonchev–Trinajstić information content (AvgIpc) is 3.25. The van der Waals surface area contributed by atoms with E-state index < -0.39 is 0 Å². The van der Waals surface area contributed by atoms with Gasteiger partial charge < -0.3 is 4.57 Å². The molecule has 4 aromatic heterocycles. The van der Waals surface area contributed by atoms with Gasteiger partial charge in [-0.2, -0.15) is 0 Å². The molecule has 6 heteroatoms. The summed E-state index contributed by atoms with van der Waals surface area (Å²) in [4.78, 5) is 14.0. The Kier molecular flexibility index (Phi) is 3.50. The monoisotopic (exact) mass is 354 g/mol. The van der Waals surface area contributed by atoms with E-state index in [2.05, 4.69) is 33.5 Å². The van der Waals surface area contributed by atoms with Crippen molar-refractivity contribution in [2.75, 3.05) is 0 Å². The van der Waals surface area contributed by atoms with Crippen LogP contribution >= 0.6 is 0 Å². The zero-order chi connectivity index (χ0) is 18.4. The fourth-order valence-corrected chi connectivity index (χ4v) is 3.49. The van der Waals surface area contributed by atoms with E-state index in [1.165, 1.54) is 11.3 Å². The predicted octanol–water partition coefficient (Wildman–Crippen LogP) is 3.81. The van der Waals surface area contributed by atoms with Crippen LogP contribution in [0, 0.1) is 13.8 Å². The number of aryl methyl sites for hydroxylation is 1. The molecule has 0 saturated heterocycles. The number of pyridine rings is 1. The minimum Gasteiger partial charge on any atom is -0.323 e. The summed E-state index contributed by atoms with van der Waals surface area (Å²) in [5.41, 5.74) is 6.09. The SMILES string of the molecule is Cc1c(C)n(Cc2ccccn2)c2ncn3nc(-c4ccccc4)nc3c12. The Morgan fingerprint density at radius 2 is 1.70 bits per heavy atom. The Morgan fingerprint density at radius 3 is 2.48 bits per heavy atom. The van der Waals surface area contributed by atoms with Gasteiger partial charge in [-0.15, -0.1) is 5.10 Å². The lowest BCUT2D eigenvalue weighted by molar-refractivity contribution is 0.766. The molecular formula is C21H18N6. The fourth-order valence-electron chi connectivity index (χ4n) is 3.49. The highest BCUT2D eigenvalue weighted by Gasteiger charge is 2.18. The van der Waals surface area contributed by atoms with Crippen LogP contribution < -0.4 is 0 Å². The zero-order valence-electron chi connectivity index (χ0n) is 15.2. The van der Waals surface area contributed by atoms with Crippen LogP contribution in [0.3, 0.4) is 0 Å². The molecule has 132 valence electrons. The van der Waals surface area contributed by atoms with Crippen LogP contribution in [0.4, 0.5) is 0 Å². The van der Waals surface area contributed by atoms with Gasteiger partial charge in [-0.05, 0) is 31.5 Å². The summed E-state index contributed by atoms with van der Waals surface area (Å²) in [6.45, 7) is 4.91. The van der Waals surface area contributed by atoms with Gasteiger partial charge in [0, 0.05) is 17.5 Å². The standard InChI is InChI=1S/C21H18N6/c1-14-15(2)26(12-17-10-6-7-11-22-17)20-18(14)21-24-19(25-27(21)13-23-20)16-8-4-3-5-9-16/h3-11,13H,12H2,1-2H3. The normalized spacial score (nSPS) is 11.5. The van der Waals surface area contributed by atoms with Gasteiger partial charge in [0.1, 0.15) is 12.0 Å². The highest BCUT2D eigenvalue weighted by Crippen LogP contribution is 2.28. The van der Waals surface area contributed by atoms with E-state index in [0.717, 1.165) is 27.9 Å². The van der Waals surface area contributed by atoms with E-state index in [1.807, 2.05) is 54.7 Å². The maximum atomic E-state index is 4.82. The first-order chi connectivity index (χ1) is 13.2. The van der Waals surface area contributed by atoms with Crippen molar-refractivity contribution < 1.29 is 0 Å². The molecule has 0 aliphatic carbocycles. The lowest BCUT2D eigenvalue weighted by atomic mass is 10.2. The molecule has 5 aromatic rings. The number of fused-ring (bicyclic) bond motifs is 3. The van der Waals surface area contributed by atoms with Gasteiger partial charge in [-0.1, -0.05) is 36.4 Å². The van der Waals surface area contributed by atoms with E-state index in [4.69, 9.17) is 4.98 Å². The molecule has 0 aliphatic heterocycles. The van der Waals surface area contributed by atoms with Crippen LogP contribution in [-0.4, -0.2) is 29.1 Å². The Bertz CT molecular complexity index is 1250. The van der Waals surface area contributed by atoms with Crippen LogP contribution in [0.15, 0.2) is 61.1 Å². The van der Waals surface area contributed by atoms with Crippen molar-refractivity contribution in [2.45, 2.75) is 20.4 Å². The summed E-state index contributed by atoms with van der Waals surface area (Å²) in [5.74, 6) is 0.708. The lowest BCUT2D eigenvalue weighted by Crippen LogP contribution is -2.04. The van der Waals surface area contributed by atoms with Crippen LogP contribution in [0.2, 0.25) is 0 Å². The smallest absolute Gasteiger partial charge is 0.182 e. The minimum absolute atomic E-state index is 0.680. The Morgan fingerprint density at radius 1 is 0.889 bits per heavy atom. The number of benzene rings is 1. The summed E-state index contributed by atoms with van der Waals surface area (Å²) >= 11 is 0. The first kappa shape index (κ1) is 15.7. The second kappa shape index (κ2) is 6.02. The molecule has 27 heavy (non-hydrogen) atoms. The van der Waals surface area contributed by atoms with E-state index in [1.54, 1.807) is 10.8 Å². The van der Waals surface area contributed by atoms with Crippen molar-refractivity contribution >= 4 is 16.7 Å². The second-order valence-corrected chi connectivity index (χ2v) is 6.63. The van der Waals surface area contributed by atoms with Gasteiger partial charge in [0.2, 0.25) is 0 Å². The predicted molar refractivity (Wildman–Crippen MR) is 105 cm³/mol. The van der Waals surface area contributed by atoms with Gasteiger partial charge in [0.05, 0.1) is 17.6 Å². The Labute approximate surface area is 156 Å². The van der Waals surface area contributed by atoms with Crippen LogP contribution in [-0.2, 0) is 6.54 Å². The van der Waals surface area contributed by atoms with Crippen molar-refractivity contribution in [1.82, 2.24) is 29.1 Å². The molecule has 0 unspecified atom stereocenters. The number of hydrogen-bond donors (Lipinski definition) is 0. The molecule has 0 saturated carbocycles. The molecule has 6 nitrogen and oxygen atoms in total. The van der Waals surface area contributed by atoms with E-state index in [0.29, 0.717) is 12.4 Å². The molecule has 1 aromatic carbocycles. The molecule has 0 radical (unpaired) electrons. The maximum absolute atomic E-state index is 4.82. The van der Waals surface area contributed by atoms with E-state index >= 15 is 0 Å². The van der Waals surface area contributed by atoms with Crippen LogP contribution in [0.25, 0.3) is 28.1 Å². The summed E-state index contributed by atoms with van der Waals surface area (Å²) in [6, 6.07) is 16.0. The third-order valence-electron chi connectivity index (χ3n) is 5.02. The van der Waals surface area contributed by atoms with Crippen molar-refractivity contribution in [3.8, 4) is 11.4 Å². The summed E-state index contributed by atoms with van der Waals surface area (Å²) in [6.07, 6.45) is 3.56. The summed E-state index contributed by atoms with van der Waals surface area (Å²) in [5, 5.41) is 5.66. The molecule has 4 heterocycles. The molecule has 0 spiro atoms. The number of nitrogens with zero attached hydrogens (tertiary/aromatic N) is 6. The minimum atomic E-state index is 0.680. The zero-order valence-corrected chi connectivity index (χ0v) is 15.2. The molecule has 0 N–H and O–H groups in total. The molecule has 0 fully saturated rings. The largest absolute Gasteiger partial charge is 0.323 e. The molecule has 0 atom stereocenters. The second-order valence-electron chi connectivity index (χ2n) is 6.63. The highest BCUT2D eigenvalue weighted by molar-refractivity contribution is 5.94. The summed E-state index contributed by atoms with van der Waals surface area (Å²) in [7, 11) is 0. The fraction of sp³-hybridized carbons (Fsp3) is 0.143. The average molecular weight is 354 g/mol. The molecule has 5 rings (SSSR count). The first-order valence-corrected chi connectivity index (χ1v) is 8.88. The topological polar surface area (TPSA) is 60.9 Å². The van der Waals surface area contributed by atoms with Gasteiger partial charge in [0.15, 0.2) is 11.5 Å². The van der Waals surface area contributed by atoms with Crippen molar-refractivity contribution in [3.63, 3.8) is 0 Å². The van der Waals surface area contributed by atoms with E-state index in [-0.39, 0.29) is 0 Å². The number of aromatic nitrogens is 6. The third-order valence-corrected chi connectivity index (χ3v) is 5.02. The maximum Gasteiger partial charge on any atom is 0.182 e. The van der Waals surface area contributed by atoms with Gasteiger partial charge in [-0.3, -0.25) is 4.98 Å². The van der Waals surface area contributed by atoms with Crippen molar-refractivity contribution in [2.24, 2.45) is 0 Å². The van der Waals surface area contributed by atoms with Gasteiger partial charge >= 0.3 is 0 Å².